The van der Waals surface area contributed by atoms with Crippen LogP contribution in [0, 0.1) is 0 Å². The quantitative estimate of drug-likeness (QED) is 0.0831. The van der Waals surface area contributed by atoms with E-state index in [1.165, 1.54) is 5.56 Å². The second-order valence-electron chi connectivity index (χ2n) is 14.7. The van der Waals surface area contributed by atoms with Crippen molar-refractivity contribution >= 4 is 19.2 Å². The van der Waals surface area contributed by atoms with Crippen molar-refractivity contribution in [2.75, 3.05) is 26.3 Å². The SMILES string of the molecule is CC(C)(C)[Si](C)(C)O[C@@H](CNC1CCC(NCCOCCc2ccccc2)CC1)c1ccc(OCc2ccccc2)c2[nH]c(=O)ccc12. The molecule has 0 aliphatic heterocycles. The van der Waals surface area contributed by atoms with Crippen molar-refractivity contribution in [3.63, 3.8) is 0 Å². The van der Waals surface area contributed by atoms with E-state index in [9.17, 15) is 4.79 Å². The molecule has 1 fully saturated rings. The van der Waals surface area contributed by atoms with Gasteiger partial charge in [-0.05, 0) is 79.1 Å². The number of aromatic amines is 1. The van der Waals surface area contributed by atoms with Gasteiger partial charge in [-0.15, -0.1) is 0 Å². The lowest BCUT2D eigenvalue weighted by atomic mass is 9.91. The fourth-order valence-electron chi connectivity index (χ4n) is 6.18. The first-order valence-corrected chi connectivity index (χ1v) is 20.6. The second kappa shape index (κ2) is 16.9. The molecule has 1 aliphatic carbocycles. The van der Waals surface area contributed by atoms with Crippen LogP contribution in [0.5, 0.6) is 5.75 Å². The zero-order valence-corrected chi connectivity index (χ0v) is 30.5. The minimum Gasteiger partial charge on any atom is -0.487 e. The highest BCUT2D eigenvalue weighted by Gasteiger charge is 2.40. The molecule has 1 heterocycles. The van der Waals surface area contributed by atoms with Crippen LogP contribution in [0.2, 0.25) is 18.1 Å². The first-order valence-electron chi connectivity index (χ1n) is 17.7. The maximum absolute atomic E-state index is 12.5. The summed E-state index contributed by atoms with van der Waals surface area (Å²) >= 11 is 0. The normalized spacial score (nSPS) is 17.8. The van der Waals surface area contributed by atoms with Crippen molar-refractivity contribution in [3.8, 4) is 5.75 Å². The first-order chi connectivity index (χ1) is 23.1. The Labute approximate surface area is 287 Å². The average molecular weight is 670 g/mol. The molecule has 0 spiro atoms. The van der Waals surface area contributed by atoms with Gasteiger partial charge in [-0.2, -0.15) is 0 Å². The van der Waals surface area contributed by atoms with E-state index < -0.39 is 8.32 Å². The molecule has 0 radical (unpaired) electrons. The van der Waals surface area contributed by atoms with E-state index in [1.54, 1.807) is 6.07 Å². The van der Waals surface area contributed by atoms with Crippen molar-refractivity contribution in [2.45, 2.75) is 95.8 Å². The third kappa shape index (κ3) is 10.1. The molecule has 8 heteroatoms. The molecule has 0 unspecified atom stereocenters. The molecule has 3 N–H and O–H groups in total. The Kier molecular flexibility index (Phi) is 12.7. The Hall–Kier alpha value is -3.27. The third-order valence-electron chi connectivity index (χ3n) is 10.1. The van der Waals surface area contributed by atoms with Crippen LogP contribution in [0.15, 0.2) is 89.7 Å². The Morgan fingerprint density at radius 3 is 2.12 bits per heavy atom. The van der Waals surface area contributed by atoms with Gasteiger partial charge < -0.3 is 29.5 Å². The number of hydrogen-bond acceptors (Lipinski definition) is 6. The Balaban J connectivity index is 1.20. The number of nitrogens with one attached hydrogen (secondary N) is 3. The van der Waals surface area contributed by atoms with Crippen LogP contribution in [-0.2, 0) is 22.2 Å². The first kappa shape index (κ1) is 36.0. The Morgan fingerprint density at radius 2 is 1.46 bits per heavy atom. The van der Waals surface area contributed by atoms with E-state index in [0.29, 0.717) is 31.0 Å². The molecule has 1 aromatic heterocycles. The molecule has 1 atom stereocenters. The lowest BCUT2D eigenvalue weighted by molar-refractivity contribution is 0.133. The average Bonchev–Trinajstić information content (AvgIpc) is 3.08. The summed E-state index contributed by atoms with van der Waals surface area (Å²) < 4.78 is 19.3. The van der Waals surface area contributed by atoms with E-state index in [2.05, 4.69) is 79.8 Å². The standard InChI is InChI=1S/C40H55N3O4Si/c1-40(2,3)48(4,5)47-37(28-42-33-18-16-32(17-19-33)41-25-27-45-26-24-30-12-8-6-9-13-30)34-20-22-36(39-35(34)21-23-38(44)43-39)46-29-31-14-10-7-11-15-31/h6-15,20-23,32-33,37,41-42H,16-19,24-29H2,1-5H3,(H,43,44)/t32?,33?,37-/m0/s1. The topological polar surface area (TPSA) is 84.6 Å². The van der Waals surface area contributed by atoms with Gasteiger partial charge in [0, 0.05) is 36.6 Å². The van der Waals surface area contributed by atoms with E-state index in [1.807, 2.05) is 48.5 Å². The van der Waals surface area contributed by atoms with Crippen LogP contribution in [0.4, 0.5) is 0 Å². The Morgan fingerprint density at radius 1 is 0.812 bits per heavy atom. The maximum Gasteiger partial charge on any atom is 0.248 e. The van der Waals surface area contributed by atoms with Crippen LogP contribution in [-0.4, -0.2) is 51.7 Å². The summed E-state index contributed by atoms with van der Waals surface area (Å²) in [5.41, 5.74) is 4.05. The smallest absolute Gasteiger partial charge is 0.248 e. The molecule has 258 valence electrons. The third-order valence-corrected chi connectivity index (χ3v) is 14.6. The summed E-state index contributed by atoms with van der Waals surface area (Å²) in [6, 6.07) is 29.2. The fourth-order valence-corrected chi connectivity index (χ4v) is 7.45. The van der Waals surface area contributed by atoms with Crippen molar-refractivity contribution in [1.82, 2.24) is 15.6 Å². The molecule has 0 amide bonds. The second-order valence-corrected chi connectivity index (χ2v) is 19.4. The molecule has 0 bridgehead atoms. The molecular weight excluding hydrogens is 615 g/mol. The molecule has 1 aliphatic rings. The Bertz CT molecular complexity index is 1610. The van der Waals surface area contributed by atoms with E-state index in [4.69, 9.17) is 13.9 Å². The summed E-state index contributed by atoms with van der Waals surface area (Å²) in [6.45, 7) is 15.0. The number of pyridine rings is 1. The van der Waals surface area contributed by atoms with E-state index in [0.717, 1.165) is 73.9 Å². The fraction of sp³-hybridized carbons (Fsp3) is 0.475. The van der Waals surface area contributed by atoms with Crippen LogP contribution in [0.25, 0.3) is 10.9 Å². The van der Waals surface area contributed by atoms with E-state index >= 15 is 0 Å². The van der Waals surface area contributed by atoms with Gasteiger partial charge in [-0.1, -0.05) is 87.5 Å². The van der Waals surface area contributed by atoms with Crippen LogP contribution >= 0.6 is 0 Å². The predicted molar refractivity (Wildman–Crippen MR) is 199 cm³/mol. The maximum atomic E-state index is 12.5. The van der Waals surface area contributed by atoms with Gasteiger partial charge in [0.1, 0.15) is 12.4 Å². The molecule has 1 saturated carbocycles. The van der Waals surface area contributed by atoms with Gasteiger partial charge in [-0.25, -0.2) is 0 Å². The van der Waals surface area contributed by atoms with Gasteiger partial charge in [0.25, 0.3) is 0 Å². The highest BCUT2D eigenvalue weighted by atomic mass is 28.4. The van der Waals surface area contributed by atoms with E-state index in [-0.39, 0.29) is 16.7 Å². The highest BCUT2D eigenvalue weighted by Crippen LogP contribution is 2.41. The summed E-state index contributed by atoms with van der Waals surface area (Å²) in [4.78, 5) is 15.6. The van der Waals surface area contributed by atoms with Gasteiger partial charge in [0.2, 0.25) is 5.56 Å². The van der Waals surface area contributed by atoms with Crippen molar-refractivity contribution in [3.05, 3.63) is 112 Å². The summed E-state index contributed by atoms with van der Waals surface area (Å²) in [5, 5.41) is 8.63. The van der Waals surface area contributed by atoms with Gasteiger partial charge >= 0.3 is 0 Å². The van der Waals surface area contributed by atoms with Gasteiger partial charge in [0.05, 0.1) is 24.8 Å². The highest BCUT2D eigenvalue weighted by molar-refractivity contribution is 6.74. The van der Waals surface area contributed by atoms with Crippen molar-refractivity contribution in [2.24, 2.45) is 0 Å². The van der Waals surface area contributed by atoms with Crippen molar-refractivity contribution < 1.29 is 13.9 Å². The summed E-state index contributed by atoms with van der Waals surface area (Å²) in [6.07, 6.45) is 5.34. The number of H-pyrrole nitrogens is 1. The number of fused-ring (bicyclic) bond motifs is 1. The number of rotatable bonds is 16. The summed E-state index contributed by atoms with van der Waals surface area (Å²) in [5.74, 6) is 0.668. The predicted octanol–water partition coefficient (Wildman–Crippen LogP) is 7.92. The minimum absolute atomic E-state index is 0.0586. The van der Waals surface area contributed by atoms with Gasteiger partial charge in [0.15, 0.2) is 8.32 Å². The molecule has 7 nitrogen and oxygen atoms in total. The monoisotopic (exact) mass is 669 g/mol. The molecular formula is C40H55N3O4Si. The van der Waals surface area contributed by atoms with Crippen LogP contribution < -0.4 is 20.9 Å². The molecule has 5 rings (SSSR count). The number of aromatic nitrogens is 1. The lowest BCUT2D eigenvalue weighted by Crippen LogP contribution is -2.46. The lowest BCUT2D eigenvalue weighted by Gasteiger charge is -2.40. The molecule has 48 heavy (non-hydrogen) atoms. The minimum atomic E-state index is -2.13. The molecule has 3 aromatic carbocycles. The largest absolute Gasteiger partial charge is 0.487 e. The molecule has 0 saturated heterocycles. The van der Waals surface area contributed by atoms with Gasteiger partial charge in [-0.3, -0.25) is 4.79 Å². The van der Waals surface area contributed by atoms with Crippen LogP contribution in [0.3, 0.4) is 0 Å². The number of hydrogen-bond donors (Lipinski definition) is 3. The number of ether oxygens (including phenoxy) is 2. The molecule has 4 aromatic rings. The summed E-state index contributed by atoms with van der Waals surface area (Å²) in [7, 11) is -2.13. The van der Waals surface area contributed by atoms with Crippen molar-refractivity contribution in [1.29, 1.82) is 0 Å². The zero-order chi connectivity index (χ0) is 34.0. The van der Waals surface area contributed by atoms with Crippen LogP contribution in [0.1, 0.15) is 69.2 Å². The number of benzene rings is 3. The zero-order valence-electron chi connectivity index (χ0n) is 29.5.